The van der Waals surface area contributed by atoms with Crippen LogP contribution >= 0.6 is 0 Å². The number of carbonyl (C=O) groups is 2. The Bertz CT molecular complexity index is 1680. The molecule has 0 spiro atoms. The molecule has 1 atom stereocenters. The van der Waals surface area contributed by atoms with Crippen LogP contribution in [0.4, 0.5) is 10.1 Å². The van der Waals surface area contributed by atoms with Crippen LogP contribution in [0.15, 0.2) is 79.0 Å². The van der Waals surface area contributed by atoms with Crippen LogP contribution < -0.4 is 26.4 Å². The molecular weight excluding hydrogens is 583 g/mol. The lowest BCUT2D eigenvalue weighted by Gasteiger charge is -2.43. The van der Waals surface area contributed by atoms with Crippen molar-refractivity contribution in [2.24, 2.45) is 11.5 Å². The lowest BCUT2D eigenvalue weighted by Crippen LogP contribution is -2.55. The molecule has 10 heteroatoms. The third kappa shape index (κ3) is 7.03. The first-order chi connectivity index (χ1) is 22.4. The normalized spacial score (nSPS) is 14.7. The number of ether oxygens (including phenoxy) is 1. The number of nitrogens with one attached hydrogen (secondary N) is 1. The molecule has 4 aromatic rings. The van der Waals surface area contributed by atoms with Gasteiger partial charge in [0, 0.05) is 68.3 Å². The van der Waals surface area contributed by atoms with E-state index in [2.05, 4.69) is 22.1 Å². The molecule has 0 aliphatic carbocycles. The van der Waals surface area contributed by atoms with Crippen LogP contribution in [-0.4, -0.2) is 67.1 Å². The summed E-state index contributed by atoms with van der Waals surface area (Å²) in [6.45, 7) is 6.88. The molecule has 2 amide bonds. The Morgan fingerprint density at radius 2 is 1.74 bits per heavy atom. The number of carbonyl (C=O) groups excluding carboxylic acids is 2. The zero-order valence-corrected chi connectivity index (χ0v) is 26.3. The summed E-state index contributed by atoms with van der Waals surface area (Å²) >= 11 is 0. The van der Waals surface area contributed by atoms with Crippen molar-refractivity contribution in [1.82, 2.24) is 15.2 Å². The van der Waals surface area contributed by atoms with E-state index in [1.165, 1.54) is 12.1 Å². The fourth-order valence-corrected chi connectivity index (χ4v) is 5.92. The molecule has 1 saturated heterocycles. The minimum Gasteiger partial charge on any atom is -0.478 e. The standard InChI is InChI=1S/C36H41FN6O3/c1-3-28-23-42(36(45)30-13-12-27(37)21-31(30)25-9-7-24(22-39)8-10-25)18-19-43(28)33-14-11-26(20-32(33)34(44)40-17-15-38)29-6-5-16-41-35(29)46-4-2/h5-14,16,20-21,28H,3-4,15,17-19,22-23,38-39H2,1-2H3,(H,40,44)/t28-/m1/s1. The predicted octanol–water partition coefficient (Wildman–Crippen LogP) is 4.84. The van der Waals surface area contributed by atoms with E-state index in [1.807, 2.05) is 66.4 Å². The van der Waals surface area contributed by atoms with Gasteiger partial charge in [0.25, 0.3) is 11.8 Å². The topological polar surface area (TPSA) is 127 Å². The monoisotopic (exact) mass is 624 g/mol. The second-order valence-corrected chi connectivity index (χ2v) is 11.2. The maximum Gasteiger partial charge on any atom is 0.254 e. The largest absolute Gasteiger partial charge is 0.478 e. The third-order valence-electron chi connectivity index (χ3n) is 8.30. The van der Waals surface area contributed by atoms with Crippen molar-refractivity contribution in [1.29, 1.82) is 0 Å². The Hall–Kier alpha value is -4.80. The molecule has 240 valence electrons. The van der Waals surface area contributed by atoms with Crippen LogP contribution in [0.2, 0.25) is 0 Å². The Morgan fingerprint density at radius 3 is 2.46 bits per heavy atom. The number of hydrogen-bond acceptors (Lipinski definition) is 7. The van der Waals surface area contributed by atoms with Crippen molar-refractivity contribution in [3.63, 3.8) is 0 Å². The van der Waals surface area contributed by atoms with Gasteiger partial charge in [-0.3, -0.25) is 9.59 Å². The van der Waals surface area contributed by atoms with Gasteiger partial charge in [-0.1, -0.05) is 37.3 Å². The minimum atomic E-state index is -0.408. The lowest BCUT2D eigenvalue weighted by molar-refractivity contribution is 0.0720. The number of nitrogens with two attached hydrogens (primary N) is 2. The number of aromatic nitrogens is 1. The zero-order chi connectivity index (χ0) is 32.6. The number of anilines is 1. The van der Waals surface area contributed by atoms with E-state index in [4.69, 9.17) is 16.2 Å². The summed E-state index contributed by atoms with van der Waals surface area (Å²) in [5, 5.41) is 2.92. The highest BCUT2D eigenvalue weighted by molar-refractivity contribution is 6.02. The number of benzene rings is 3. The van der Waals surface area contributed by atoms with Crippen molar-refractivity contribution in [2.75, 3.05) is 44.2 Å². The van der Waals surface area contributed by atoms with Gasteiger partial charge in [-0.15, -0.1) is 0 Å². The fourth-order valence-electron chi connectivity index (χ4n) is 5.92. The molecule has 0 unspecified atom stereocenters. The Morgan fingerprint density at radius 1 is 0.957 bits per heavy atom. The molecule has 1 aliphatic rings. The van der Waals surface area contributed by atoms with Crippen LogP contribution in [0.1, 0.15) is 46.5 Å². The van der Waals surface area contributed by atoms with Gasteiger partial charge in [0.15, 0.2) is 0 Å². The number of hydrogen-bond donors (Lipinski definition) is 3. The highest BCUT2D eigenvalue weighted by atomic mass is 19.1. The van der Waals surface area contributed by atoms with Gasteiger partial charge in [0.05, 0.1) is 12.2 Å². The third-order valence-corrected chi connectivity index (χ3v) is 8.30. The SMILES string of the molecule is CCOc1ncccc1-c1ccc(N2CCN(C(=O)c3ccc(F)cc3-c3ccc(CN)cc3)C[C@H]2CC)c(C(=O)NCCN)c1. The molecule has 1 aliphatic heterocycles. The van der Waals surface area contributed by atoms with Gasteiger partial charge in [-0.05, 0) is 78.1 Å². The molecular formula is C36H41FN6O3. The first-order valence-corrected chi connectivity index (χ1v) is 15.7. The van der Waals surface area contributed by atoms with Crippen LogP contribution in [0.3, 0.4) is 0 Å². The summed E-state index contributed by atoms with van der Waals surface area (Å²) < 4.78 is 20.2. The molecule has 46 heavy (non-hydrogen) atoms. The van der Waals surface area contributed by atoms with Gasteiger partial charge in [-0.25, -0.2) is 9.37 Å². The molecule has 5 rings (SSSR count). The van der Waals surface area contributed by atoms with E-state index in [1.54, 1.807) is 12.3 Å². The van der Waals surface area contributed by atoms with Gasteiger partial charge in [-0.2, -0.15) is 0 Å². The molecule has 3 aromatic carbocycles. The molecule has 5 N–H and O–H groups in total. The maximum absolute atomic E-state index is 14.4. The van der Waals surface area contributed by atoms with E-state index >= 15 is 0 Å². The van der Waals surface area contributed by atoms with Crippen molar-refractivity contribution < 1.29 is 18.7 Å². The molecule has 2 heterocycles. The Kier molecular flexibility index (Phi) is 10.6. The summed E-state index contributed by atoms with van der Waals surface area (Å²) in [7, 11) is 0. The number of halogens is 1. The van der Waals surface area contributed by atoms with Crippen molar-refractivity contribution in [3.05, 3.63) is 102 Å². The van der Waals surface area contributed by atoms with E-state index in [9.17, 15) is 14.0 Å². The first kappa shape index (κ1) is 32.6. The van der Waals surface area contributed by atoms with E-state index < -0.39 is 5.82 Å². The van der Waals surface area contributed by atoms with Crippen LogP contribution in [0.5, 0.6) is 5.88 Å². The maximum atomic E-state index is 14.4. The van der Waals surface area contributed by atoms with Crippen molar-refractivity contribution in [3.8, 4) is 28.1 Å². The van der Waals surface area contributed by atoms with Gasteiger partial charge in [0.2, 0.25) is 5.88 Å². The highest BCUT2D eigenvalue weighted by Crippen LogP contribution is 2.35. The van der Waals surface area contributed by atoms with Crippen LogP contribution in [-0.2, 0) is 6.54 Å². The molecule has 0 radical (unpaired) electrons. The highest BCUT2D eigenvalue weighted by Gasteiger charge is 2.32. The van der Waals surface area contributed by atoms with Crippen LogP contribution in [0.25, 0.3) is 22.3 Å². The number of piperazine rings is 1. The van der Waals surface area contributed by atoms with E-state index in [0.29, 0.717) is 68.4 Å². The van der Waals surface area contributed by atoms with Gasteiger partial charge in [0.1, 0.15) is 5.82 Å². The van der Waals surface area contributed by atoms with E-state index in [0.717, 1.165) is 34.4 Å². The first-order valence-electron chi connectivity index (χ1n) is 15.7. The average molecular weight is 625 g/mol. The second-order valence-electron chi connectivity index (χ2n) is 11.2. The quantitative estimate of drug-likeness (QED) is 0.218. The van der Waals surface area contributed by atoms with E-state index in [-0.39, 0.29) is 17.9 Å². The summed E-state index contributed by atoms with van der Waals surface area (Å²) in [5.74, 6) is -0.296. The van der Waals surface area contributed by atoms with Crippen LogP contribution in [0, 0.1) is 5.82 Å². The number of rotatable bonds is 11. The zero-order valence-electron chi connectivity index (χ0n) is 26.3. The van der Waals surface area contributed by atoms with Crippen molar-refractivity contribution >= 4 is 17.5 Å². The summed E-state index contributed by atoms with van der Waals surface area (Å²) in [5.41, 5.74) is 17.0. The smallest absolute Gasteiger partial charge is 0.254 e. The number of amides is 2. The molecule has 9 nitrogen and oxygen atoms in total. The number of nitrogens with zero attached hydrogens (tertiary/aromatic N) is 3. The van der Waals surface area contributed by atoms with Gasteiger partial charge >= 0.3 is 0 Å². The second kappa shape index (κ2) is 15.0. The predicted molar refractivity (Wildman–Crippen MR) is 179 cm³/mol. The average Bonchev–Trinajstić information content (AvgIpc) is 3.10. The van der Waals surface area contributed by atoms with Crippen molar-refractivity contribution in [2.45, 2.75) is 32.9 Å². The summed E-state index contributed by atoms with van der Waals surface area (Å²) in [6, 6.07) is 21.3. The molecule has 1 fully saturated rings. The molecule has 0 bridgehead atoms. The Labute approximate surface area is 269 Å². The molecule has 1 aromatic heterocycles. The van der Waals surface area contributed by atoms with Gasteiger partial charge < -0.3 is 31.3 Å². The molecule has 0 saturated carbocycles. The lowest BCUT2D eigenvalue weighted by atomic mass is 9.96. The minimum absolute atomic E-state index is 0.0604. The summed E-state index contributed by atoms with van der Waals surface area (Å²) in [4.78, 5) is 35.9. The fraction of sp³-hybridized carbons (Fsp3) is 0.306. The summed E-state index contributed by atoms with van der Waals surface area (Å²) in [6.07, 6.45) is 2.42. The Balaban J connectivity index is 1.45. The number of pyridine rings is 1.